The van der Waals surface area contributed by atoms with E-state index in [0.29, 0.717) is 5.02 Å². The summed E-state index contributed by atoms with van der Waals surface area (Å²) in [5.41, 5.74) is 3.49. The highest BCUT2D eigenvalue weighted by atomic mass is 35.5. The number of hydrogen-bond acceptors (Lipinski definition) is 3. The van der Waals surface area contributed by atoms with Crippen molar-refractivity contribution in [1.29, 1.82) is 0 Å². The SMILES string of the molecule is CCNC(Cc1ccncc1Cl)c1ncccc1CC. The van der Waals surface area contributed by atoms with Crippen molar-refractivity contribution in [2.24, 2.45) is 0 Å². The third-order valence-corrected chi connectivity index (χ3v) is 3.71. The normalized spacial score (nSPS) is 12.3. The van der Waals surface area contributed by atoms with Crippen molar-refractivity contribution in [1.82, 2.24) is 15.3 Å². The highest BCUT2D eigenvalue weighted by molar-refractivity contribution is 6.31. The van der Waals surface area contributed by atoms with Crippen LogP contribution in [0.15, 0.2) is 36.8 Å². The zero-order chi connectivity index (χ0) is 14.4. The molecule has 0 amide bonds. The summed E-state index contributed by atoms with van der Waals surface area (Å²) < 4.78 is 0. The van der Waals surface area contributed by atoms with Crippen molar-refractivity contribution in [3.8, 4) is 0 Å². The fraction of sp³-hybridized carbons (Fsp3) is 0.375. The van der Waals surface area contributed by atoms with Crippen LogP contribution in [-0.2, 0) is 12.8 Å². The molecule has 0 aliphatic heterocycles. The molecule has 0 aromatic carbocycles. The van der Waals surface area contributed by atoms with Crippen molar-refractivity contribution in [3.05, 3.63) is 58.6 Å². The van der Waals surface area contributed by atoms with Crippen LogP contribution in [0.1, 0.15) is 36.7 Å². The maximum atomic E-state index is 6.22. The Kier molecular flexibility index (Phi) is 5.50. The van der Waals surface area contributed by atoms with Crippen LogP contribution in [0.3, 0.4) is 0 Å². The quantitative estimate of drug-likeness (QED) is 0.883. The molecule has 20 heavy (non-hydrogen) atoms. The summed E-state index contributed by atoms with van der Waals surface area (Å²) in [6.45, 7) is 5.16. The zero-order valence-electron chi connectivity index (χ0n) is 11.9. The van der Waals surface area contributed by atoms with Gasteiger partial charge in [-0.05, 0) is 42.6 Å². The Morgan fingerprint density at radius 3 is 2.75 bits per heavy atom. The van der Waals surface area contributed by atoms with Crippen LogP contribution in [0.2, 0.25) is 5.02 Å². The fourth-order valence-electron chi connectivity index (χ4n) is 2.36. The molecule has 0 saturated carbocycles. The molecule has 2 rings (SSSR count). The van der Waals surface area contributed by atoms with Crippen LogP contribution in [0.4, 0.5) is 0 Å². The minimum absolute atomic E-state index is 0.177. The van der Waals surface area contributed by atoms with E-state index in [1.165, 1.54) is 5.56 Å². The number of aryl methyl sites for hydroxylation is 1. The van der Waals surface area contributed by atoms with Crippen LogP contribution in [-0.4, -0.2) is 16.5 Å². The van der Waals surface area contributed by atoms with Crippen molar-refractivity contribution >= 4 is 11.6 Å². The van der Waals surface area contributed by atoms with Gasteiger partial charge in [-0.1, -0.05) is 31.5 Å². The fourth-order valence-corrected chi connectivity index (χ4v) is 2.56. The first-order valence-electron chi connectivity index (χ1n) is 7.01. The van der Waals surface area contributed by atoms with E-state index < -0.39 is 0 Å². The van der Waals surface area contributed by atoms with E-state index in [-0.39, 0.29) is 6.04 Å². The Balaban J connectivity index is 2.29. The van der Waals surface area contributed by atoms with E-state index >= 15 is 0 Å². The lowest BCUT2D eigenvalue weighted by atomic mass is 9.99. The number of halogens is 1. The van der Waals surface area contributed by atoms with Crippen LogP contribution >= 0.6 is 11.6 Å². The molecular formula is C16H20ClN3. The van der Waals surface area contributed by atoms with Gasteiger partial charge in [0.1, 0.15) is 0 Å². The van der Waals surface area contributed by atoms with Crippen LogP contribution in [0, 0.1) is 0 Å². The van der Waals surface area contributed by atoms with Gasteiger partial charge in [-0.3, -0.25) is 9.97 Å². The summed E-state index contributed by atoms with van der Waals surface area (Å²) >= 11 is 6.22. The highest BCUT2D eigenvalue weighted by Crippen LogP contribution is 2.24. The summed E-state index contributed by atoms with van der Waals surface area (Å²) in [5.74, 6) is 0. The lowest BCUT2D eigenvalue weighted by Gasteiger charge is -2.20. The van der Waals surface area contributed by atoms with Gasteiger partial charge in [-0.15, -0.1) is 0 Å². The van der Waals surface area contributed by atoms with Crippen LogP contribution < -0.4 is 5.32 Å². The number of nitrogens with one attached hydrogen (secondary N) is 1. The molecule has 1 unspecified atom stereocenters. The van der Waals surface area contributed by atoms with Gasteiger partial charge in [-0.2, -0.15) is 0 Å². The first-order valence-corrected chi connectivity index (χ1v) is 7.39. The Hall–Kier alpha value is -1.45. The van der Waals surface area contributed by atoms with Gasteiger partial charge in [0.2, 0.25) is 0 Å². The molecule has 0 saturated heterocycles. The van der Waals surface area contributed by atoms with Gasteiger partial charge in [0.15, 0.2) is 0 Å². The number of nitrogens with zero attached hydrogens (tertiary/aromatic N) is 2. The zero-order valence-corrected chi connectivity index (χ0v) is 12.7. The molecule has 1 atom stereocenters. The standard InChI is InChI=1S/C16H20ClN3/c1-3-12-6-5-8-20-16(12)15(19-4-2)10-13-7-9-18-11-14(13)17/h5-9,11,15,19H,3-4,10H2,1-2H3. The number of pyridine rings is 2. The maximum Gasteiger partial charge on any atom is 0.0622 e. The molecule has 0 aliphatic carbocycles. The third-order valence-electron chi connectivity index (χ3n) is 3.37. The second-order valence-electron chi connectivity index (χ2n) is 4.68. The summed E-state index contributed by atoms with van der Waals surface area (Å²) in [6, 6.07) is 6.28. The van der Waals surface area contributed by atoms with Crippen molar-refractivity contribution in [3.63, 3.8) is 0 Å². The van der Waals surface area contributed by atoms with Crippen LogP contribution in [0.5, 0.6) is 0 Å². The van der Waals surface area contributed by atoms with Gasteiger partial charge < -0.3 is 5.32 Å². The largest absolute Gasteiger partial charge is 0.309 e. The number of rotatable bonds is 6. The van der Waals surface area contributed by atoms with Crippen molar-refractivity contribution in [2.75, 3.05) is 6.54 Å². The molecule has 0 bridgehead atoms. The lowest BCUT2D eigenvalue weighted by Crippen LogP contribution is -2.25. The molecular weight excluding hydrogens is 270 g/mol. The molecule has 2 heterocycles. The third kappa shape index (κ3) is 3.56. The number of aromatic nitrogens is 2. The molecule has 2 aromatic heterocycles. The second-order valence-corrected chi connectivity index (χ2v) is 5.09. The smallest absolute Gasteiger partial charge is 0.0622 e. The van der Waals surface area contributed by atoms with Gasteiger partial charge >= 0.3 is 0 Å². The molecule has 3 nitrogen and oxygen atoms in total. The lowest BCUT2D eigenvalue weighted by molar-refractivity contribution is 0.532. The Morgan fingerprint density at radius 2 is 2.05 bits per heavy atom. The van der Waals surface area contributed by atoms with Gasteiger partial charge in [0.05, 0.1) is 16.8 Å². The molecule has 0 radical (unpaired) electrons. The molecule has 0 aliphatic rings. The summed E-state index contributed by atoms with van der Waals surface area (Å²) in [6.07, 6.45) is 7.13. The molecule has 1 N–H and O–H groups in total. The van der Waals surface area contributed by atoms with Crippen LogP contribution in [0.25, 0.3) is 0 Å². The number of hydrogen-bond donors (Lipinski definition) is 1. The van der Waals surface area contributed by atoms with E-state index in [9.17, 15) is 0 Å². The Morgan fingerprint density at radius 1 is 1.20 bits per heavy atom. The average Bonchev–Trinajstić information content (AvgIpc) is 2.49. The summed E-state index contributed by atoms with van der Waals surface area (Å²) in [4.78, 5) is 8.61. The van der Waals surface area contributed by atoms with E-state index in [1.807, 2.05) is 18.3 Å². The van der Waals surface area contributed by atoms with E-state index in [4.69, 9.17) is 11.6 Å². The van der Waals surface area contributed by atoms with Gasteiger partial charge in [0.25, 0.3) is 0 Å². The monoisotopic (exact) mass is 289 g/mol. The van der Waals surface area contributed by atoms with E-state index in [2.05, 4.69) is 35.2 Å². The second kappa shape index (κ2) is 7.36. The van der Waals surface area contributed by atoms with Crippen molar-refractivity contribution < 1.29 is 0 Å². The first kappa shape index (κ1) is 14.9. The average molecular weight is 290 g/mol. The van der Waals surface area contributed by atoms with E-state index in [1.54, 1.807) is 12.4 Å². The number of likely N-dealkylation sites (N-methyl/N-ethyl adjacent to an activating group) is 1. The Labute approximate surface area is 125 Å². The Bertz CT molecular complexity index is 557. The molecule has 106 valence electrons. The van der Waals surface area contributed by atoms with E-state index in [0.717, 1.165) is 30.6 Å². The molecule has 2 aromatic rings. The van der Waals surface area contributed by atoms with Gasteiger partial charge in [0, 0.05) is 18.6 Å². The molecule has 0 fully saturated rings. The molecule has 4 heteroatoms. The minimum atomic E-state index is 0.177. The van der Waals surface area contributed by atoms with Gasteiger partial charge in [-0.25, -0.2) is 0 Å². The first-order chi connectivity index (χ1) is 9.76. The predicted octanol–water partition coefficient (Wildman–Crippen LogP) is 3.59. The minimum Gasteiger partial charge on any atom is -0.309 e. The summed E-state index contributed by atoms with van der Waals surface area (Å²) in [7, 11) is 0. The predicted molar refractivity (Wildman–Crippen MR) is 83.0 cm³/mol. The topological polar surface area (TPSA) is 37.8 Å². The highest BCUT2D eigenvalue weighted by Gasteiger charge is 2.17. The summed E-state index contributed by atoms with van der Waals surface area (Å²) in [5, 5.41) is 4.22. The maximum absolute atomic E-state index is 6.22. The molecule has 0 spiro atoms. The van der Waals surface area contributed by atoms with Crippen molar-refractivity contribution in [2.45, 2.75) is 32.7 Å².